The summed E-state index contributed by atoms with van der Waals surface area (Å²) in [4.78, 5) is 11.1. The van der Waals surface area contributed by atoms with Crippen LogP contribution in [-0.4, -0.2) is 11.4 Å². The summed E-state index contributed by atoms with van der Waals surface area (Å²) in [7, 11) is 0. The van der Waals surface area contributed by atoms with Gasteiger partial charge in [0, 0.05) is 12.5 Å². The number of rotatable bonds is 1. The van der Waals surface area contributed by atoms with E-state index in [-0.39, 0.29) is 11.4 Å². The first-order valence-electron chi connectivity index (χ1n) is 5.54. The smallest absolute Gasteiger partial charge is 0.217 e. The molecule has 0 bridgehead atoms. The Morgan fingerprint density at radius 3 is 3.07 bits per heavy atom. The second-order valence-corrected chi connectivity index (χ2v) is 5.07. The Bertz CT molecular complexity index is 271. The van der Waals surface area contributed by atoms with E-state index in [4.69, 9.17) is 0 Å². The maximum absolute atomic E-state index is 11.1. The minimum atomic E-state index is 0.0433. The molecule has 0 unspecified atom stereocenters. The molecule has 2 aliphatic rings. The third-order valence-electron chi connectivity index (χ3n) is 3.66. The molecule has 0 heterocycles. The lowest BCUT2D eigenvalue weighted by atomic mass is 9.72. The predicted molar refractivity (Wildman–Crippen MR) is 56.8 cm³/mol. The van der Waals surface area contributed by atoms with Crippen LogP contribution in [-0.2, 0) is 4.79 Å². The molecule has 0 saturated heterocycles. The van der Waals surface area contributed by atoms with E-state index in [9.17, 15) is 4.79 Å². The van der Waals surface area contributed by atoms with Gasteiger partial charge in [-0.2, -0.15) is 0 Å². The van der Waals surface area contributed by atoms with Gasteiger partial charge < -0.3 is 5.32 Å². The van der Waals surface area contributed by atoms with Gasteiger partial charge in [-0.15, -0.1) is 0 Å². The van der Waals surface area contributed by atoms with Crippen molar-refractivity contribution < 1.29 is 4.79 Å². The van der Waals surface area contributed by atoms with Crippen LogP contribution in [0.25, 0.3) is 0 Å². The summed E-state index contributed by atoms with van der Waals surface area (Å²) >= 11 is 0. The molecule has 1 amide bonds. The van der Waals surface area contributed by atoms with Crippen molar-refractivity contribution in [3.8, 4) is 0 Å². The van der Waals surface area contributed by atoms with Crippen LogP contribution >= 0.6 is 0 Å². The fraction of sp³-hybridized carbons (Fsp3) is 0.750. The lowest BCUT2D eigenvalue weighted by molar-refractivity contribution is -0.121. The SMILES string of the molecule is CC(=O)N[C@@]1(C)CC[C@H]2CC=C[C@H]2C1. The highest BCUT2D eigenvalue weighted by Gasteiger charge is 2.38. The van der Waals surface area contributed by atoms with Crippen molar-refractivity contribution in [1.29, 1.82) is 0 Å². The van der Waals surface area contributed by atoms with E-state index in [0.29, 0.717) is 5.92 Å². The molecule has 1 fully saturated rings. The second-order valence-electron chi connectivity index (χ2n) is 5.07. The zero-order valence-corrected chi connectivity index (χ0v) is 9.05. The van der Waals surface area contributed by atoms with Gasteiger partial charge in [0.15, 0.2) is 0 Å². The average Bonchev–Trinajstić information content (AvgIpc) is 2.48. The van der Waals surface area contributed by atoms with Crippen LogP contribution in [0.4, 0.5) is 0 Å². The van der Waals surface area contributed by atoms with Crippen LogP contribution in [0.15, 0.2) is 12.2 Å². The maximum atomic E-state index is 11.1. The first-order chi connectivity index (χ1) is 6.59. The number of carbonyl (C=O) groups excluding carboxylic acids is 1. The maximum Gasteiger partial charge on any atom is 0.217 e. The highest BCUT2D eigenvalue weighted by molar-refractivity contribution is 5.73. The van der Waals surface area contributed by atoms with Crippen LogP contribution < -0.4 is 5.32 Å². The summed E-state index contributed by atoms with van der Waals surface area (Å²) in [6.07, 6.45) is 9.40. The quantitative estimate of drug-likeness (QED) is 0.636. The van der Waals surface area contributed by atoms with Gasteiger partial charge in [0.25, 0.3) is 0 Å². The number of fused-ring (bicyclic) bond motifs is 1. The molecule has 2 aliphatic carbocycles. The van der Waals surface area contributed by atoms with Crippen LogP contribution in [0.3, 0.4) is 0 Å². The molecule has 78 valence electrons. The van der Waals surface area contributed by atoms with Crippen molar-refractivity contribution in [3.05, 3.63) is 12.2 Å². The van der Waals surface area contributed by atoms with Crippen molar-refractivity contribution >= 4 is 5.91 Å². The van der Waals surface area contributed by atoms with Gasteiger partial charge in [-0.05, 0) is 44.4 Å². The van der Waals surface area contributed by atoms with E-state index in [1.165, 1.54) is 12.8 Å². The van der Waals surface area contributed by atoms with Gasteiger partial charge >= 0.3 is 0 Å². The van der Waals surface area contributed by atoms with Gasteiger partial charge in [-0.25, -0.2) is 0 Å². The lowest BCUT2D eigenvalue weighted by Crippen LogP contribution is -2.49. The van der Waals surface area contributed by atoms with E-state index in [0.717, 1.165) is 18.8 Å². The molecule has 1 N–H and O–H groups in total. The Kier molecular flexibility index (Phi) is 2.38. The predicted octanol–water partition coefficient (Wildman–Crippen LogP) is 2.26. The Labute approximate surface area is 85.8 Å². The third-order valence-corrected chi connectivity index (χ3v) is 3.66. The van der Waals surface area contributed by atoms with Gasteiger partial charge in [-0.3, -0.25) is 4.79 Å². The van der Waals surface area contributed by atoms with Crippen molar-refractivity contribution in [2.45, 2.75) is 45.1 Å². The third kappa shape index (κ3) is 1.84. The number of carbonyl (C=O) groups is 1. The van der Waals surface area contributed by atoms with Gasteiger partial charge in [-0.1, -0.05) is 12.2 Å². The highest BCUT2D eigenvalue weighted by Crippen LogP contribution is 2.42. The molecular weight excluding hydrogens is 174 g/mol. The minimum Gasteiger partial charge on any atom is -0.351 e. The molecule has 0 radical (unpaired) electrons. The van der Waals surface area contributed by atoms with Crippen LogP contribution in [0.1, 0.15) is 39.5 Å². The van der Waals surface area contributed by atoms with Crippen molar-refractivity contribution in [2.75, 3.05) is 0 Å². The van der Waals surface area contributed by atoms with Crippen LogP contribution in [0.2, 0.25) is 0 Å². The Morgan fingerprint density at radius 1 is 1.57 bits per heavy atom. The molecule has 0 spiro atoms. The number of hydrogen-bond acceptors (Lipinski definition) is 1. The van der Waals surface area contributed by atoms with E-state index in [1.54, 1.807) is 6.92 Å². The molecule has 3 atom stereocenters. The molecule has 2 nitrogen and oxygen atoms in total. The molecule has 2 heteroatoms. The first-order valence-corrected chi connectivity index (χ1v) is 5.54. The molecule has 0 aromatic carbocycles. The van der Waals surface area contributed by atoms with Gasteiger partial charge in [0.2, 0.25) is 5.91 Å². The fourth-order valence-corrected chi connectivity index (χ4v) is 2.99. The Hall–Kier alpha value is -0.790. The molecule has 0 aromatic heterocycles. The van der Waals surface area contributed by atoms with E-state index >= 15 is 0 Å². The van der Waals surface area contributed by atoms with Crippen LogP contribution in [0, 0.1) is 11.8 Å². The molecular formula is C12H19NO. The lowest BCUT2D eigenvalue weighted by Gasteiger charge is -2.40. The number of nitrogens with one attached hydrogen (secondary N) is 1. The normalized spacial score (nSPS) is 40.7. The van der Waals surface area contributed by atoms with Crippen molar-refractivity contribution in [1.82, 2.24) is 5.32 Å². The zero-order valence-electron chi connectivity index (χ0n) is 9.05. The zero-order chi connectivity index (χ0) is 10.2. The molecule has 14 heavy (non-hydrogen) atoms. The number of amides is 1. The van der Waals surface area contributed by atoms with Crippen molar-refractivity contribution in [3.63, 3.8) is 0 Å². The summed E-state index contributed by atoms with van der Waals surface area (Å²) in [5, 5.41) is 3.10. The van der Waals surface area contributed by atoms with Crippen LogP contribution in [0.5, 0.6) is 0 Å². The molecule has 0 aliphatic heterocycles. The van der Waals surface area contributed by atoms with Gasteiger partial charge in [0.1, 0.15) is 0 Å². The summed E-state index contributed by atoms with van der Waals surface area (Å²) in [5.41, 5.74) is 0.0433. The summed E-state index contributed by atoms with van der Waals surface area (Å²) in [6, 6.07) is 0. The average molecular weight is 193 g/mol. The number of hydrogen-bond donors (Lipinski definition) is 1. The van der Waals surface area contributed by atoms with E-state index in [1.807, 2.05) is 0 Å². The molecule has 0 aromatic rings. The molecule has 1 saturated carbocycles. The molecule has 2 rings (SSSR count). The Balaban J connectivity index is 2.02. The van der Waals surface area contributed by atoms with Crippen molar-refractivity contribution in [2.24, 2.45) is 11.8 Å². The minimum absolute atomic E-state index is 0.0433. The highest BCUT2D eigenvalue weighted by atomic mass is 16.1. The van der Waals surface area contributed by atoms with Gasteiger partial charge in [0.05, 0.1) is 0 Å². The number of allylic oxidation sites excluding steroid dienone is 2. The van der Waals surface area contributed by atoms with E-state index < -0.39 is 0 Å². The Morgan fingerprint density at radius 2 is 2.36 bits per heavy atom. The first kappa shape index (κ1) is 9.75. The fourth-order valence-electron chi connectivity index (χ4n) is 2.99. The summed E-state index contributed by atoms with van der Waals surface area (Å²) < 4.78 is 0. The second kappa shape index (κ2) is 3.41. The summed E-state index contributed by atoms with van der Waals surface area (Å²) in [6.45, 7) is 3.79. The largest absolute Gasteiger partial charge is 0.351 e. The topological polar surface area (TPSA) is 29.1 Å². The standard InChI is InChI=1S/C12H19NO/c1-9(14)13-12(2)7-6-10-4-3-5-11(10)8-12/h3,5,10-11H,4,6-8H2,1-2H3,(H,13,14)/t10-,11+,12+/m1/s1. The monoisotopic (exact) mass is 193 g/mol. The summed E-state index contributed by atoms with van der Waals surface area (Å²) in [5.74, 6) is 1.67. The van der Waals surface area contributed by atoms with E-state index in [2.05, 4.69) is 24.4 Å².